The summed E-state index contributed by atoms with van der Waals surface area (Å²) in [5.74, 6) is -4.08. The number of ether oxygens (including phenoxy) is 4. The van der Waals surface area contributed by atoms with Gasteiger partial charge >= 0.3 is 18.2 Å². The van der Waals surface area contributed by atoms with Gasteiger partial charge in [0, 0.05) is 29.8 Å². The summed E-state index contributed by atoms with van der Waals surface area (Å²) in [4.78, 5) is 48.5. The van der Waals surface area contributed by atoms with Crippen molar-refractivity contribution in [2.75, 3.05) is 38.7 Å². The third kappa shape index (κ3) is 8.15. The molecular weight excluding hydrogens is 756 g/mol. The number of nitrogens with zero attached hydrogens (tertiary/aromatic N) is 3. The standard InChI is InChI=1S/C36H36F4N4O10S/c1-19(2)55(48,49)30-11-8-21(44(35(47)52-5)54-34(46)36(38,39)40)16-25(30)27-7-6-14-43(27)33(45)31(24-17-28(50-3)29(51-4)18-26(24)37)53-22-9-10-23-20(15-22)12-13-42-32(23)41/h8-13,15-19,27,31H,6-7,14H2,1-5H3,(H2,41,42)/t27-,31+/m1/s1. The number of alkyl halides is 3. The van der Waals surface area contributed by atoms with Gasteiger partial charge in [0.1, 0.15) is 17.4 Å². The number of sulfone groups is 1. The molecule has 19 heteroatoms. The Hall–Kier alpha value is -5.85. The molecule has 0 saturated carbocycles. The smallest absolute Gasteiger partial charge is 0.493 e. The van der Waals surface area contributed by atoms with Crippen LogP contribution in [0.25, 0.3) is 10.8 Å². The molecule has 294 valence electrons. The second-order valence-electron chi connectivity index (χ2n) is 12.5. The average molecular weight is 793 g/mol. The van der Waals surface area contributed by atoms with Gasteiger partial charge in [0.15, 0.2) is 21.3 Å². The van der Waals surface area contributed by atoms with Gasteiger partial charge < -0.3 is 34.4 Å². The Labute approximate surface area is 312 Å². The topological polar surface area (TPSA) is 177 Å². The van der Waals surface area contributed by atoms with Gasteiger partial charge in [0.2, 0.25) is 6.10 Å². The minimum atomic E-state index is -5.52. The molecule has 1 aliphatic heterocycles. The zero-order valence-corrected chi connectivity index (χ0v) is 30.9. The molecule has 2 amide bonds. The first-order chi connectivity index (χ1) is 25.9. The maximum Gasteiger partial charge on any atom is 0.493 e. The fourth-order valence-corrected chi connectivity index (χ4v) is 7.35. The number of pyridine rings is 1. The Kier molecular flexibility index (Phi) is 11.6. The van der Waals surface area contributed by atoms with Crippen molar-refractivity contribution >= 4 is 50.1 Å². The van der Waals surface area contributed by atoms with E-state index in [2.05, 4.69) is 14.6 Å². The van der Waals surface area contributed by atoms with E-state index < -0.39 is 62.9 Å². The maximum atomic E-state index is 16.0. The summed E-state index contributed by atoms with van der Waals surface area (Å²) < 4.78 is 104. The van der Waals surface area contributed by atoms with Gasteiger partial charge in [0.25, 0.3) is 5.91 Å². The van der Waals surface area contributed by atoms with Crippen molar-refractivity contribution in [2.45, 2.75) is 55.2 Å². The van der Waals surface area contributed by atoms with Crippen LogP contribution in [0.4, 0.5) is 33.9 Å². The molecule has 1 fully saturated rings. The summed E-state index contributed by atoms with van der Waals surface area (Å²) in [5, 5.41) is 0.0654. The zero-order valence-electron chi connectivity index (χ0n) is 30.0. The molecule has 2 heterocycles. The number of carbonyl (C=O) groups excluding carboxylic acids is 3. The minimum Gasteiger partial charge on any atom is -0.493 e. The van der Waals surface area contributed by atoms with Crippen LogP contribution in [0, 0.1) is 5.82 Å². The van der Waals surface area contributed by atoms with Crippen molar-refractivity contribution < 1.29 is 64.1 Å². The van der Waals surface area contributed by atoms with E-state index in [1.807, 2.05) is 0 Å². The van der Waals surface area contributed by atoms with Crippen molar-refractivity contribution in [1.29, 1.82) is 0 Å². The third-order valence-electron chi connectivity index (χ3n) is 8.83. The van der Waals surface area contributed by atoms with Crippen LogP contribution in [-0.2, 0) is 29.0 Å². The van der Waals surface area contributed by atoms with Crippen LogP contribution in [0.15, 0.2) is 65.7 Å². The second-order valence-corrected chi connectivity index (χ2v) is 14.9. The molecular formula is C36H36F4N4O10S. The molecule has 5 rings (SSSR count). The molecule has 1 aliphatic rings. The van der Waals surface area contributed by atoms with Crippen molar-refractivity contribution in [2.24, 2.45) is 0 Å². The van der Waals surface area contributed by atoms with Crippen molar-refractivity contribution in [1.82, 2.24) is 9.88 Å². The number of nitrogens with two attached hydrogens (primary N) is 1. The number of nitrogen functional groups attached to an aromatic ring is 1. The molecule has 1 saturated heterocycles. The number of likely N-dealkylation sites (tertiary alicyclic amines) is 1. The second kappa shape index (κ2) is 15.9. The van der Waals surface area contributed by atoms with Crippen molar-refractivity contribution in [3.63, 3.8) is 0 Å². The normalized spacial score (nSPS) is 15.1. The fraction of sp³-hybridized carbons (Fsp3) is 0.333. The van der Waals surface area contributed by atoms with Crippen LogP contribution in [-0.4, -0.2) is 75.6 Å². The van der Waals surface area contributed by atoms with E-state index in [9.17, 15) is 36.0 Å². The van der Waals surface area contributed by atoms with E-state index in [1.165, 1.54) is 51.3 Å². The first-order valence-corrected chi connectivity index (χ1v) is 18.0. The highest BCUT2D eigenvalue weighted by Gasteiger charge is 2.45. The molecule has 0 radical (unpaired) electrons. The van der Waals surface area contributed by atoms with Gasteiger partial charge in [-0.15, -0.1) is 5.06 Å². The van der Waals surface area contributed by atoms with E-state index >= 15 is 4.39 Å². The lowest BCUT2D eigenvalue weighted by molar-refractivity contribution is -0.200. The number of anilines is 2. The summed E-state index contributed by atoms with van der Waals surface area (Å²) >= 11 is 0. The molecule has 4 aromatic rings. The lowest BCUT2D eigenvalue weighted by atomic mass is 10.0. The Balaban J connectivity index is 1.66. The highest BCUT2D eigenvalue weighted by molar-refractivity contribution is 7.92. The number of hydrogen-bond acceptors (Lipinski definition) is 12. The number of methoxy groups -OCH3 is 3. The first kappa shape index (κ1) is 40.3. The number of fused-ring (bicyclic) bond motifs is 1. The van der Waals surface area contributed by atoms with E-state index in [0.717, 1.165) is 31.4 Å². The average Bonchev–Trinajstić information content (AvgIpc) is 3.65. The molecule has 0 spiro atoms. The number of halogens is 4. The quantitative estimate of drug-likeness (QED) is 0.142. The van der Waals surface area contributed by atoms with E-state index in [1.54, 1.807) is 18.2 Å². The summed E-state index contributed by atoms with van der Waals surface area (Å²) in [6, 6.07) is 10.4. The summed E-state index contributed by atoms with van der Waals surface area (Å²) in [6.45, 7) is 2.79. The highest BCUT2D eigenvalue weighted by atomic mass is 32.2. The predicted molar refractivity (Wildman–Crippen MR) is 189 cm³/mol. The van der Waals surface area contributed by atoms with Gasteiger partial charge in [0.05, 0.1) is 43.2 Å². The summed E-state index contributed by atoms with van der Waals surface area (Å²) in [7, 11) is -0.751. The van der Waals surface area contributed by atoms with Crippen molar-refractivity contribution in [3.8, 4) is 17.2 Å². The number of rotatable bonds is 10. The Morgan fingerprint density at radius 3 is 2.31 bits per heavy atom. The number of aromatic nitrogens is 1. The highest BCUT2D eigenvalue weighted by Crippen LogP contribution is 2.42. The number of benzene rings is 3. The molecule has 1 aromatic heterocycles. The lowest BCUT2D eigenvalue weighted by Gasteiger charge is -2.31. The van der Waals surface area contributed by atoms with E-state index in [4.69, 9.17) is 19.9 Å². The fourth-order valence-electron chi connectivity index (χ4n) is 6.06. The number of amides is 2. The van der Waals surface area contributed by atoms with Crippen LogP contribution in [0.1, 0.15) is 50.0 Å². The molecule has 2 N–H and O–H groups in total. The predicted octanol–water partition coefficient (Wildman–Crippen LogP) is 6.23. The van der Waals surface area contributed by atoms with E-state index in [0.29, 0.717) is 10.8 Å². The Bertz CT molecular complexity index is 2240. The monoisotopic (exact) mass is 792 g/mol. The zero-order chi connectivity index (χ0) is 40.4. The van der Waals surface area contributed by atoms with Gasteiger partial charge in [-0.3, -0.25) is 4.79 Å². The van der Waals surface area contributed by atoms with Gasteiger partial charge in [-0.05, 0) is 86.2 Å². The molecule has 55 heavy (non-hydrogen) atoms. The SMILES string of the molecule is COC(=O)N(OC(=O)C(F)(F)F)c1ccc(S(=O)(=O)C(C)C)c([C@H]2CCCN2C(=O)[C@@H](Oc2ccc3c(N)nccc3c2)c2cc(OC)c(OC)cc2F)c1. The maximum absolute atomic E-state index is 16.0. The van der Waals surface area contributed by atoms with Crippen molar-refractivity contribution in [3.05, 3.63) is 77.7 Å². The van der Waals surface area contributed by atoms with E-state index in [-0.39, 0.29) is 63.5 Å². The molecule has 3 aromatic carbocycles. The summed E-state index contributed by atoms with van der Waals surface area (Å²) in [5.41, 5.74) is 5.07. The van der Waals surface area contributed by atoms with Crippen LogP contribution < -0.4 is 25.0 Å². The van der Waals surface area contributed by atoms with Crippen LogP contribution in [0.2, 0.25) is 0 Å². The summed E-state index contributed by atoms with van der Waals surface area (Å²) in [6.07, 6.45) is -6.94. The van der Waals surface area contributed by atoms with Crippen LogP contribution in [0.3, 0.4) is 0 Å². The molecule has 0 bridgehead atoms. The van der Waals surface area contributed by atoms with Gasteiger partial charge in [-0.1, -0.05) is 0 Å². The lowest BCUT2D eigenvalue weighted by Crippen LogP contribution is -2.39. The number of carbonyl (C=O) groups is 3. The first-order valence-electron chi connectivity index (χ1n) is 16.5. The molecule has 2 atom stereocenters. The largest absolute Gasteiger partial charge is 0.493 e. The molecule has 0 aliphatic carbocycles. The van der Waals surface area contributed by atoms with Crippen LogP contribution in [0.5, 0.6) is 17.2 Å². The number of hydroxylamine groups is 1. The van der Waals surface area contributed by atoms with Gasteiger partial charge in [-0.25, -0.2) is 27.4 Å². The number of hydrogen-bond donors (Lipinski definition) is 1. The Morgan fingerprint density at radius 2 is 1.67 bits per heavy atom. The van der Waals surface area contributed by atoms with Gasteiger partial charge in [-0.2, -0.15) is 13.2 Å². The Morgan fingerprint density at radius 1 is 0.982 bits per heavy atom. The molecule has 0 unspecified atom stereocenters. The molecule has 14 nitrogen and oxygen atoms in total. The third-order valence-corrected chi connectivity index (χ3v) is 11.1. The minimum absolute atomic E-state index is 0.00659. The van der Waals surface area contributed by atoms with Crippen LogP contribution >= 0.6 is 0 Å².